The predicted molar refractivity (Wildman–Crippen MR) is 97.3 cm³/mol. The fraction of sp³-hybridized carbons (Fsp3) is 0.333. The van der Waals surface area contributed by atoms with E-state index in [1.165, 1.54) is 6.92 Å². The van der Waals surface area contributed by atoms with Crippen LogP contribution in [-0.4, -0.2) is 35.0 Å². The summed E-state index contributed by atoms with van der Waals surface area (Å²) in [5, 5.41) is 11.7. The number of alkyl halides is 1. The van der Waals surface area contributed by atoms with Gasteiger partial charge in [0.1, 0.15) is 17.8 Å². The minimum Gasteiger partial charge on any atom is -0.479 e. The Morgan fingerprint density at radius 2 is 1.63 bits per heavy atom. The number of carbonyl (C=O) groups excluding carboxylic acids is 1. The molecule has 1 fully saturated rings. The van der Waals surface area contributed by atoms with Crippen LogP contribution in [0.25, 0.3) is 11.1 Å². The summed E-state index contributed by atoms with van der Waals surface area (Å²) in [6.45, 7) is 1.41. The summed E-state index contributed by atoms with van der Waals surface area (Å²) in [5.74, 6) is -1.36. The molecule has 2 N–H and O–H groups in total. The summed E-state index contributed by atoms with van der Waals surface area (Å²) in [4.78, 5) is 23.7. The fourth-order valence-electron chi connectivity index (χ4n) is 4.33. The average molecular weight is 369 g/mol. The molecule has 0 saturated heterocycles. The molecule has 2 aliphatic carbocycles. The minimum absolute atomic E-state index is 0.0858. The van der Waals surface area contributed by atoms with Gasteiger partial charge in [-0.1, -0.05) is 48.5 Å². The highest BCUT2D eigenvalue weighted by Crippen LogP contribution is 2.45. The number of hydrogen-bond acceptors (Lipinski definition) is 3. The molecule has 0 bridgehead atoms. The molecule has 2 aliphatic rings. The van der Waals surface area contributed by atoms with Gasteiger partial charge in [-0.3, -0.25) is 0 Å². The molecule has 2 aromatic rings. The molecular formula is C21H20FNO4. The van der Waals surface area contributed by atoms with Crippen molar-refractivity contribution in [2.24, 2.45) is 0 Å². The van der Waals surface area contributed by atoms with Gasteiger partial charge >= 0.3 is 12.1 Å². The summed E-state index contributed by atoms with van der Waals surface area (Å²) in [6, 6.07) is 15.9. The number of amides is 1. The Bertz CT molecular complexity index is 870. The highest BCUT2D eigenvalue weighted by molar-refractivity contribution is 5.86. The molecule has 0 unspecified atom stereocenters. The number of rotatable bonds is 4. The van der Waals surface area contributed by atoms with Crippen LogP contribution in [0.3, 0.4) is 0 Å². The van der Waals surface area contributed by atoms with Crippen molar-refractivity contribution in [2.75, 3.05) is 6.61 Å². The van der Waals surface area contributed by atoms with Crippen molar-refractivity contribution in [3.05, 3.63) is 59.7 Å². The van der Waals surface area contributed by atoms with Gasteiger partial charge in [0.2, 0.25) is 0 Å². The van der Waals surface area contributed by atoms with E-state index in [1.807, 2.05) is 48.5 Å². The zero-order valence-electron chi connectivity index (χ0n) is 14.9. The van der Waals surface area contributed by atoms with Gasteiger partial charge in [0.05, 0.1) is 0 Å². The second kappa shape index (κ2) is 6.08. The first-order chi connectivity index (χ1) is 12.8. The van der Waals surface area contributed by atoms with Crippen LogP contribution in [0.5, 0.6) is 0 Å². The number of carboxylic acid groups (broad SMARTS) is 1. The van der Waals surface area contributed by atoms with Crippen molar-refractivity contribution < 1.29 is 23.8 Å². The largest absolute Gasteiger partial charge is 0.479 e. The van der Waals surface area contributed by atoms with Gasteiger partial charge in [-0.05, 0) is 29.2 Å². The third-order valence-corrected chi connectivity index (χ3v) is 5.44. The van der Waals surface area contributed by atoms with E-state index in [1.54, 1.807) is 0 Å². The van der Waals surface area contributed by atoms with Crippen molar-refractivity contribution in [2.45, 2.75) is 36.9 Å². The number of hydrogen-bond donors (Lipinski definition) is 2. The monoisotopic (exact) mass is 369 g/mol. The molecule has 0 atom stereocenters. The summed E-state index contributed by atoms with van der Waals surface area (Å²) in [5.41, 5.74) is 1.17. The number of benzene rings is 2. The molecule has 1 saturated carbocycles. The summed E-state index contributed by atoms with van der Waals surface area (Å²) < 4.78 is 19.2. The van der Waals surface area contributed by atoms with Gasteiger partial charge in [-0.25, -0.2) is 14.0 Å². The van der Waals surface area contributed by atoms with E-state index in [2.05, 4.69) is 5.32 Å². The van der Waals surface area contributed by atoms with Gasteiger partial charge in [-0.2, -0.15) is 0 Å². The number of nitrogens with one attached hydrogen (secondary N) is 1. The maximum absolute atomic E-state index is 13.8. The number of carbonyl (C=O) groups is 2. The standard InChI is InChI=1S/C21H20FNO4/c1-20(22)11-21(12-20,18(24)25)23-19(26)27-10-17-15-8-4-2-6-13(15)14-7-3-5-9-16(14)17/h2-9,17H,10-12H2,1H3,(H,23,26)(H,24,25). The quantitative estimate of drug-likeness (QED) is 0.858. The molecule has 0 heterocycles. The van der Waals surface area contributed by atoms with E-state index < -0.39 is 23.3 Å². The molecule has 0 aromatic heterocycles. The third kappa shape index (κ3) is 2.95. The first-order valence-corrected chi connectivity index (χ1v) is 8.87. The zero-order chi connectivity index (χ0) is 19.2. The van der Waals surface area contributed by atoms with E-state index >= 15 is 0 Å². The fourth-order valence-corrected chi connectivity index (χ4v) is 4.33. The molecular weight excluding hydrogens is 349 g/mol. The van der Waals surface area contributed by atoms with Crippen LogP contribution in [0.1, 0.15) is 36.8 Å². The topological polar surface area (TPSA) is 75.6 Å². The Labute approximate surface area is 156 Å². The van der Waals surface area contributed by atoms with Crippen molar-refractivity contribution in [1.82, 2.24) is 5.32 Å². The Balaban J connectivity index is 1.48. The normalized spacial score (nSPS) is 25.9. The smallest absolute Gasteiger partial charge is 0.408 e. The molecule has 4 rings (SSSR count). The van der Waals surface area contributed by atoms with Crippen LogP contribution in [0, 0.1) is 0 Å². The Kier molecular flexibility index (Phi) is 3.94. The summed E-state index contributed by atoms with van der Waals surface area (Å²) in [6.07, 6.45) is -1.37. The van der Waals surface area contributed by atoms with Gasteiger partial charge in [0, 0.05) is 18.8 Å². The molecule has 27 heavy (non-hydrogen) atoms. The second-order valence-corrected chi connectivity index (χ2v) is 7.60. The predicted octanol–water partition coefficient (Wildman–Crippen LogP) is 3.87. The van der Waals surface area contributed by atoms with Crippen molar-refractivity contribution >= 4 is 12.1 Å². The molecule has 2 aromatic carbocycles. The maximum Gasteiger partial charge on any atom is 0.408 e. The first kappa shape index (κ1) is 17.5. The van der Waals surface area contributed by atoms with E-state index in [9.17, 15) is 19.1 Å². The van der Waals surface area contributed by atoms with Gasteiger partial charge in [-0.15, -0.1) is 0 Å². The highest BCUT2D eigenvalue weighted by atomic mass is 19.1. The van der Waals surface area contributed by atoms with Crippen LogP contribution < -0.4 is 5.32 Å². The molecule has 0 aliphatic heterocycles. The van der Waals surface area contributed by atoms with E-state index in [-0.39, 0.29) is 25.4 Å². The lowest BCUT2D eigenvalue weighted by atomic mass is 9.67. The van der Waals surface area contributed by atoms with Crippen molar-refractivity contribution in [3.8, 4) is 11.1 Å². The zero-order valence-corrected chi connectivity index (χ0v) is 14.9. The summed E-state index contributed by atoms with van der Waals surface area (Å²) in [7, 11) is 0. The highest BCUT2D eigenvalue weighted by Gasteiger charge is 2.59. The van der Waals surface area contributed by atoms with Crippen LogP contribution >= 0.6 is 0 Å². The SMILES string of the molecule is CC1(F)CC(NC(=O)OCC2c3ccccc3-c3ccccc32)(C(=O)O)C1. The Morgan fingerprint density at radius 1 is 1.11 bits per heavy atom. The number of halogens is 1. The van der Waals surface area contributed by atoms with Crippen LogP contribution in [0.2, 0.25) is 0 Å². The number of fused-ring (bicyclic) bond motifs is 3. The van der Waals surface area contributed by atoms with Crippen LogP contribution in [0.15, 0.2) is 48.5 Å². The van der Waals surface area contributed by atoms with Crippen LogP contribution in [0.4, 0.5) is 9.18 Å². The number of carboxylic acids is 1. The molecule has 1 amide bonds. The molecule has 6 heteroatoms. The third-order valence-electron chi connectivity index (χ3n) is 5.44. The number of aliphatic carboxylic acids is 1. The minimum atomic E-state index is -1.59. The van der Waals surface area contributed by atoms with Crippen molar-refractivity contribution in [3.63, 3.8) is 0 Å². The van der Waals surface area contributed by atoms with Crippen LogP contribution in [-0.2, 0) is 9.53 Å². The van der Waals surface area contributed by atoms with E-state index in [0.717, 1.165) is 22.3 Å². The van der Waals surface area contributed by atoms with Crippen molar-refractivity contribution in [1.29, 1.82) is 0 Å². The van der Waals surface area contributed by atoms with E-state index in [0.29, 0.717) is 0 Å². The molecule has 5 nitrogen and oxygen atoms in total. The molecule has 140 valence electrons. The summed E-state index contributed by atoms with van der Waals surface area (Å²) >= 11 is 0. The average Bonchev–Trinajstić information content (AvgIpc) is 2.92. The van der Waals surface area contributed by atoms with Gasteiger partial charge < -0.3 is 15.2 Å². The number of alkyl carbamates (subject to hydrolysis) is 1. The van der Waals surface area contributed by atoms with E-state index in [4.69, 9.17) is 4.74 Å². The second-order valence-electron chi connectivity index (χ2n) is 7.60. The van der Waals surface area contributed by atoms with Gasteiger partial charge in [0.25, 0.3) is 0 Å². The lowest BCUT2D eigenvalue weighted by molar-refractivity contribution is -0.156. The molecule has 0 radical (unpaired) electrons. The first-order valence-electron chi connectivity index (χ1n) is 8.87. The Morgan fingerprint density at radius 3 is 2.11 bits per heavy atom. The lowest BCUT2D eigenvalue weighted by Gasteiger charge is -2.46. The lowest BCUT2D eigenvalue weighted by Crippen LogP contribution is -2.67. The number of ether oxygens (including phenoxy) is 1. The Hall–Kier alpha value is -2.89. The maximum atomic E-state index is 13.8. The van der Waals surface area contributed by atoms with Gasteiger partial charge in [0.15, 0.2) is 0 Å². The molecule has 0 spiro atoms.